The minimum Gasteiger partial charge on any atom is -0.337 e. The Hall–Kier alpha value is -2.57. The molecule has 0 unspecified atom stereocenters. The number of hydrogen-bond donors (Lipinski definition) is 0. The summed E-state index contributed by atoms with van der Waals surface area (Å²) in [6, 6.07) is 14.4. The molecule has 4 nitrogen and oxygen atoms in total. The van der Waals surface area contributed by atoms with Crippen molar-refractivity contribution in [3.8, 4) is 10.6 Å². The third kappa shape index (κ3) is 4.89. The highest BCUT2D eigenvalue weighted by atomic mass is 32.1. The summed E-state index contributed by atoms with van der Waals surface area (Å²) in [5, 5.41) is 3.16. The van der Waals surface area contributed by atoms with E-state index >= 15 is 0 Å². The molecule has 29 heavy (non-hydrogen) atoms. The number of thiazole rings is 1. The van der Waals surface area contributed by atoms with Crippen LogP contribution in [0.5, 0.6) is 0 Å². The summed E-state index contributed by atoms with van der Waals surface area (Å²) in [5.41, 5.74) is 3.87. The first-order valence-corrected chi connectivity index (χ1v) is 10.7. The lowest BCUT2D eigenvalue weighted by Gasteiger charge is -2.21. The topological polar surface area (TPSA) is 36.4 Å². The lowest BCUT2D eigenvalue weighted by atomic mass is 10.2. The van der Waals surface area contributed by atoms with Gasteiger partial charge in [0, 0.05) is 49.2 Å². The average Bonchev–Trinajstić information content (AvgIpc) is 3.06. The molecular formula is C23H24FN3OS. The SMILES string of the molecule is Cc1ccc(-c2nc(CN3CCCN(C(=O)c4cccc(F)c4)CC3)cs2)cc1. The van der Waals surface area contributed by atoms with Crippen molar-refractivity contribution in [2.24, 2.45) is 0 Å². The summed E-state index contributed by atoms with van der Waals surface area (Å²) < 4.78 is 13.4. The first kappa shape index (κ1) is 19.7. The second-order valence-electron chi connectivity index (χ2n) is 7.44. The molecule has 4 rings (SSSR count). The van der Waals surface area contributed by atoms with Crippen LogP contribution < -0.4 is 0 Å². The number of aryl methyl sites for hydroxylation is 1. The summed E-state index contributed by atoms with van der Waals surface area (Å²) >= 11 is 1.67. The van der Waals surface area contributed by atoms with E-state index < -0.39 is 0 Å². The van der Waals surface area contributed by atoms with Crippen LogP contribution in [-0.2, 0) is 6.54 Å². The second-order valence-corrected chi connectivity index (χ2v) is 8.30. The summed E-state index contributed by atoms with van der Waals surface area (Å²) in [4.78, 5) is 21.7. The Bertz CT molecular complexity index is 986. The van der Waals surface area contributed by atoms with E-state index in [4.69, 9.17) is 4.98 Å². The Balaban J connectivity index is 1.37. The zero-order valence-corrected chi connectivity index (χ0v) is 17.3. The van der Waals surface area contributed by atoms with E-state index in [9.17, 15) is 9.18 Å². The minimum atomic E-state index is -0.375. The second kappa shape index (κ2) is 8.84. The van der Waals surface area contributed by atoms with Crippen molar-refractivity contribution in [2.75, 3.05) is 26.2 Å². The fraction of sp³-hybridized carbons (Fsp3) is 0.304. The molecule has 0 aliphatic carbocycles. The van der Waals surface area contributed by atoms with Crippen molar-refractivity contribution in [3.05, 3.63) is 76.5 Å². The minimum absolute atomic E-state index is 0.0957. The third-order valence-corrected chi connectivity index (χ3v) is 6.12. The Labute approximate surface area is 174 Å². The molecule has 0 N–H and O–H groups in total. The molecule has 1 aromatic heterocycles. The number of carbonyl (C=O) groups excluding carboxylic acids is 1. The molecule has 0 saturated carbocycles. The van der Waals surface area contributed by atoms with Gasteiger partial charge in [-0.3, -0.25) is 9.69 Å². The van der Waals surface area contributed by atoms with Gasteiger partial charge in [-0.15, -0.1) is 11.3 Å². The van der Waals surface area contributed by atoms with Crippen molar-refractivity contribution in [1.82, 2.24) is 14.8 Å². The highest BCUT2D eigenvalue weighted by Crippen LogP contribution is 2.25. The smallest absolute Gasteiger partial charge is 0.254 e. The lowest BCUT2D eigenvalue weighted by molar-refractivity contribution is 0.0760. The maximum atomic E-state index is 13.4. The number of nitrogens with zero attached hydrogens (tertiary/aromatic N) is 3. The van der Waals surface area contributed by atoms with E-state index in [1.165, 1.54) is 17.7 Å². The van der Waals surface area contributed by atoms with Crippen LogP contribution in [0.3, 0.4) is 0 Å². The number of hydrogen-bond acceptors (Lipinski definition) is 4. The predicted molar refractivity (Wildman–Crippen MR) is 114 cm³/mol. The van der Waals surface area contributed by atoms with Crippen LogP contribution in [0.25, 0.3) is 10.6 Å². The molecule has 0 bridgehead atoms. The molecule has 6 heteroatoms. The zero-order chi connectivity index (χ0) is 20.2. The van der Waals surface area contributed by atoms with Gasteiger partial charge >= 0.3 is 0 Å². The first-order valence-electron chi connectivity index (χ1n) is 9.87. The predicted octanol–water partition coefficient (Wildman–Crippen LogP) is 4.61. The largest absolute Gasteiger partial charge is 0.337 e. The molecule has 0 spiro atoms. The van der Waals surface area contributed by atoms with Crippen LogP contribution in [0.15, 0.2) is 53.9 Å². The highest BCUT2D eigenvalue weighted by molar-refractivity contribution is 7.13. The molecule has 1 saturated heterocycles. The van der Waals surface area contributed by atoms with Crippen LogP contribution in [0.4, 0.5) is 4.39 Å². The molecule has 1 aliphatic heterocycles. The van der Waals surface area contributed by atoms with E-state index in [0.29, 0.717) is 18.7 Å². The fourth-order valence-corrected chi connectivity index (χ4v) is 4.39. The summed E-state index contributed by atoms with van der Waals surface area (Å²) in [6.07, 6.45) is 0.899. The Morgan fingerprint density at radius 1 is 1.10 bits per heavy atom. The number of carbonyl (C=O) groups is 1. The number of benzene rings is 2. The van der Waals surface area contributed by atoms with Crippen LogP contribution in [-0.4, -0.2) is 46.9 Å². The van der Waals surface area contributed by atoms with Gasteiger partial charge in [0.1, 0.15) is 10.8 Å². The number of halogens is 1. The summed E-state index contributed by atoms with van der Waals surface area (Å²) in [5.74, 6) is -0.470. The van der Waals surface area contributed by atoms with E-state index in [0.717, 1.165) is 42.3 Å². The van der Waals surface area contributed by atoms with Crippen molar-refractivity contribution in [3.63, 3.8) is 0 Å². The van der Waals surface area contributed by atoms with Crippen LogP contribution in [0.1, 0.15) is 28.0 Å². The van der Waals surface area contributed by atoms with E-state index in [1.54, 1.807) is 23.5 Å². The van der Waals surface area contributed by atoms with E-state index in [1.807, 2.05) is 4.90 Å². The first-order chi connectivity index (χ1) is 14.1. The summed E-state index contributed by atoms with van der Waals surface area (Å²) in [7, 11) is 0. The highest BCUT2D eigenvalue weighted by Gasteiger charge is 2.21. The average molecular weight is 410 g/mol. The van der Waals surface area contributed by atoms with E-state index in [-0.39, 0.29) is 11.7 Å². The van der Waals surface area contributed by atoms with Gasteiger partial charge in [-0.1, -0.05) is 35.9 Å². The molecule has 0 atom stereocenters. The summed E-state index contributed by atoms with van der Waals surface area (Å²) in [6.45, 7) is 5.91. The Kier molecular flexibility index (Phi) is 6.02. The molecule has 1 aliphatic rings. The lowest BCUT2D eigenvalue weighted by Crippen LogP contribution is -2.35. The zero-order valence-electron chi connectivity index (χ0n) is 16.5. The van der Waals surface area contributed by atoms with Crippen LogP contribution in [0.2, 0.25) is 0 Å². The fourth-order valence-electron chi connectivity index (χ4n) is 3.57. The van der Waals surface area contributed by atoms with E-state index in [2.05, 4.69) is 41.5 Å². The van der Waals surface area contributed by atoms with Crippen molar-refractivity contribution in [2.45, 2.75) is 19.9 Å². The Morgan fingerprint density at radius 2 is 1.93 bits per heavy atom. The molecule has 2 heterocycles. The van der Waals surface area contributed by atoms with Gasteiger partial charge in [-0.25, -0.2) is 9.37 Å². The standard InChI is InChI=1S/C23H24FN3OS/c1-17-6-8-18(9-7-17)22-25-21(16-29-22)15-26-10-3-11-27(13-12-26)23(28)19-4-2-5-20(24)14-19/h2,4-9,14,16H,3,10-13,15H2,1H3. The quantitative estimate of drug-likeness (QED) is 0.632. The van der Waals surface area contributed by atoms with Gasteiger partial charge in [0.05, 0.1) is 5.69 Å². The molecule has 0 radical (unpaired) electrons. The van der Waals surface area contributed by atoms with Crippen molar-refractivity contribution in [1.29, 1.82) is 0 Å². The molecule has 1 amide bonds. The number of aromatic nitrogens is 1. The molecule has 1 fully saturated rings. The van der Waals surface area contributed by atoms with Crippen molar-refractivity contribution >= 4 is 17.2 Å². The number of amides is 1. The van der Waals surface area contributed by atoms with Crippen LogP contribution >= 0.6 is 11.3 Å². The van der Waals surface area contributed by atoms with Gasteiger partial charge in [-0.05, 0) is 31.5 Å². The van der Waals surface area contributed by atoms with Gasteiger partial charge in [0.2, 0.25) is 0 Å². The maximum Gasteiger partial charge on any atom is 0.254 e. The van der Waals surface area contributed by atoms with Crippen LogP contribution in [0, 0.1) is 12.7 Å². The van der Waals surface area contributed by atoms with Gasteiger partial charge in [0.25, 0.3) is 5.91 Å². The number of rotatable bonds is 4. The Morgan fingerprint density at radius 3 is 2.72 bits per heavy atom. The molecule has 3 aromatic rings. The normalized spacial score (nSPS) is 15.3. The van der Waals surface area contributed by atoms with Crippen molar-refractivity contribution < 1.29 is 9.18 Å². The molecular weight excluding hydrogens is 385 g/mol. The van der Waals surface area contributed by atoms with Gasteiger partial charge in [-0.2, -0.15) is 0 Å². The monoisotopic (exact) mass is 409 g/mol. The maximum absolute atomic E-state index is 13.4. The molecule has 2 aromatic carbocycles. The molecule has 150 valence electrons. The van der Waals surface area contributed by atoms with Gasteiger partial charge < -0.3 is 4.90 Å². The third-order valence-electron chi connectivity index (χ3n) is 5.18. The van der Waals surface area contributed by atoms with Gasteiger partial charge in [0.15, 0.2) is 0 Å².